The third kappa shape index (κ3) is 3.56. The molecule has 0 saturated carbocycles. The summed E-state index contributed by atoms with van der Waals surface area (Å²) >= 11 is 11.2. The maximum absolute atomic E-state index is 5.84. The van der Waals surface area contributed by atoms with Crippen molar-refractivity contribution in [3.05, 3.63) is 29.3 Å². The minimum absolute atomic E-state index is 0.740. The first-order valence-corrected chi connectivity index (χ1v) is 6.56. The van der Waals surface area contributed by atoms with E-state index in [4.69, 9.17) is 23.8 Å². The van der Waals surface area contributed by atoms with E-state index >= 15 is 0 Å². The maximum atomic E-state index is 5.84. The Balaban J connectivity index is 1.90. The van der Waals surface area contributed by atoms with E-state index in [2.05, 4.69) is 17.3 Å². The zero-order valence-corrected chi connectivity index (χ0v) is 11.4. The van der Waals surface area contributed by atoms with Gasteiger partial charge in [0.2, 0.25) is 0 Å². The van der Waals surface area contributed by atoms with E-state index in [9.17, 15) is 0 Å². The highest BCUT2D eigenvalue weighted by molar-refractivity contribution is 7.80. The zero-order chi connectivity index (χ0) is 12.3. The summed E-state index contributed by atoms with van der Waals surface area (Å²) in [5.41, 5.74) is 0.991. The number of likely N-dealkylation sites (N-methyl/N-ethyl adjacent to an activating group) is 1. The van der Waals surface area contributed by atoms with Gasteiger partial charge in [0.15, 0.2) is 5.11 Å². The molecule has 0 amide bonds. The third-order valence-electron chi connectivity index (χ3n) is 3.00. The molecular formula is C12H17ClN3S+. The Labute approximate surface area is 112 Å². The van der Waals surface area contributed by atoms with Crippen molar-refractivity contribution >= 4 is 34.6 Å². The summed E-state index contributed by atoms with van der Waals surface area (Å²) in [4.78, 5) is 3.78. The van der Waals surface area contributed by atoms with Gasteiger partial charge in [-0.25, -0.2) is 0 Å². The van der Waals surface area contributed by atoms with Gasteiger partial charge < -0.3 is 15.1 Å². The molecule has 92 valence electrons. The number of rotatable bonds is 1. The number of hydrogen-bond acceptors (Lipinski definition) is 1. The Morgan fingerprint density at radius 3 is 2.47 bits per heavy atom. The predicted molar refractivity (Wildman–Crippen MR) is 75.9 cm³/mol. The highest BCUT2D eigenvalue weighted by atomic mass is 35.5. The summed E-state index contributed by atoms with van der Waals surface area (Å²) in [6, 6.07) is 7.60. The molecule has 3 nitrogen and oxygen atoms in total. The molecule has 1 aromatic carbocycles. The lowest BCUT2D eigenvalue weighted by molar-refractivity contribution is -0.883. The van der Waals surface area contributed by atoms with Crippen LogP contribution in [0.15, 0.2) is 24.3 Å². The quantitative estimate of drug-likeness (QED) is 0.739. The Kier molecular flexibility index (Phi) is 4.20. The molecule has 0 bridgehead atoms. The molecule has 17 heavy (non-hydrogen) atoms. The molecule has 2 rings (SSSR count). The van der Waals surface area contributed by atoms with Gasteiger partial charge in [-0.1, -0.05) is 11.6 Å². The van der Waals surface area contributed by atoms with Crippen LogP contribution in [0.25, 0.3) is 0 Å². The Hall–Kier alpha value is -0.840. The van der Waals surface area contributed by atoms with Crippen molar-refractivity contribution in [3.8, 4) is 0 Å². The van der Waals surface area contributed by atoms with E-state index in [-0.39, 0.29) is 0 Å². The van der Waals surface area contributed by atoms with Crippen LogP contribution in [0.2, 0.25) is 5.02 Å². The van der Waals surface area contributed by atoms with Crippen molar-refractivity contribution in [2.75, 3.05) is 38.5 Å². The molecule has 1 aliphatic heterocycles. The topological polar surface area (TPSA) is 19.7 Å². The Morgan fingerprint density at radius 2 is 1.88 bits per heavy atom. The number of hydrogen-bond donors (Lipinski definition) is 2. The smallest absolute Gasteiger partial charge is 0.173 e. The van der Waals surface area contributed by atoms with Crippen LogP contribution in [-0.4, -0.2) is 43.2 Å². The van der Waals surface area contributed by atoms with Gasteiger partial charge in [0.05, 0.1) is 33.2 Å². The fourth-order valence-electron chi connectivity index (χ4n) is 1.83. The highest BCUT2D eigenvalue weighted by Crippen LogP contribution is 2.13. The molecule has 1 aliphatic rings. The molecular weight excluding hydrogens is 254 g/mol. The molecule has 2 N–H and O–H groups in total. The second-order valence-corrected chi connectivity index (χ2v) is 5.20. The summed E-state index contributed by atoms with van der Waals surface area (Å²) < 4.78 is 0. The molecule has 1 aromatic rings. The average molecular weight is 271 g/mol. The summed E-state index contributed by atoms with van der Waals surface area (Å²) in [5, 5.41) is 4.79. The molecule has 0 spiro atoms. The van der Waals surface area contributed by atoms with Crippen LogP contribution < -0.4 is 10.2 Å². The number of piperazine rings is 1. The first kappa shape index (κ1) is 12.6. The fraction of sp³-hybridized carbons (Fsp3) is 0.417. The maximum Gasteiger partial charge on any atom is 0.173 e. The van der Waals surface area contributed by atoms with Crippen LogP contribution in [0.5, 0.6) is 0 Å². The van der Waals surface area contributed by atoms with Crippen LogP contribution in [0.1, 0.15) is 0 Å². The van der Waals surface area contributed by atoms with Gasteiger partial charge in [0.1, 0.15) is 0 Å². The lowest BCUT2D eigenvalue weighted by Crippen LogP contribution is -3.12. The normalized spacial score (nSPS) is 16.9. The third-order valence-corrected chi connectivity index (χ3v) is 3.61. The van der Waals surface area contributed by atoms with Gasteiger partial charge in [0.25, 0.3) is 0 Å². The number of nitrogens with zero attached hydrogens (tertiary/aromatic N) is 1. The molecule has 1 saturated heterocycles. The summed E-state index contributed by atoms with van der Waals surface area (Å²) in [7, 11) is 2.22. The first-order chi connectivity index (χ1) is 8.15. The Bertz CT molecular complexity index is 385. The van der Waals surface area contributed by atoms with Crippen molar-refractivity contribution in [3.63, 3.8) is 0 Å². The second kappa shape index (κ2) is 5.67. The van der Waals surface area contributed by atoms with E-state index in [0.717, 1.165) is 42.0 Å². The van der Waals surface area contributed by atoms with E-state index in [0.29, 0.717) is 0 Å². The molecule has 1 heterocycles. The summed E-state index contributed by atoms with van der Waals surface area (Å²) in [5.74, 6) is 0. The fourth-order valence-corrected chi connectivity index (χ4v) is 2.25. The molecule has 0 aromatic heterocycles. The largest absolute Gasteiger partial charge is 0.338 e. The predicted octanol–water partition coefficient (Wildman–Crippen LogP) is 0.867. The van der Waals surface area contributed by atoms with E-state index in [1.165, 1.54) is 0 Å². The van der Waals surface area contributed by atoms with Gasteiger partial charge >= 0.3 is 0 Å². The molecule has 0 aliphatic carbocycles. The van der Waals surface area contributed by atoms with Crippen LogP contribution in [0.4, 0.5) is 5.69 Å². The van der Waals surface area contributed by atoms with Gasteiger partial charge in [-0.15, -0.1) is 0 Å². The first-order valence-electron chi connectivity index (χ1n) is 5.78. The van der Waals surface area contributed by atoms with E-state index in [1.54, 1.807) is 4.90 Å². The van der Waals surface area contributed by atoms with E-state index in [1.807, 2.05) is 24.3 Å². The minimum atomic E-state index is 0.740. The van der Waals surface area contributed by atoms with Crippen molar-refractivity contribution in [1.82, 2.24) is 4.90 Å². The second-order valence-electron chi connectivity index (χ2n) is 4.38. The lowest BCUT2D eigenvalue weighted by atomic mass is 10.3. The monoisotopic (exact) mass is 270 g/mol. The molecule has 1 fully saturated rings. The summed E-state index contributed by atoms with van der Waals surface area (Å²) in [6.45, 7) is 4.32. The molecule has 5 heteroatoms. The van der Waals surface area contributed by atoms with Crippen molar-refractivity contribution < 1.29 is 4.90 Å². The molecule has 0 atom stereocenters. The lowest BCUT2D eigenvalue weighted by Gasteiger charge is -2.32. The molecule has 0 radical (unpaired) electrons. The SMILES string of the molecule is C[NH+]1CCN(C(=S)Nc2ccc(Cl)cc2)CC1. The van der Waals surface area contributed by atoms with Gasteiger partial charge in [-0.05, 0) is 36.5 Å². The standard InChI is InChI=1S/C12H16ClN3S/c1-15-6-8-16(9-7-15)12(17)14-11-4-2-10(13)3-5-11/h2-5H,6-9H2,1H3,(H,14,17)/p+1. The zero-order valence-electron chi connectivity index (χ0n) is 9.87. The van der Waals surface area contributed by atoms with Crippen molar-refractivity contribution in [1.29, 1.82) is 0 Å². The van der Waals surface area contributed by atoms with Crippen LogP contribution in [-0.2, 0) is 0 Å². The van der Waals surface area contributed by atoms with E-state index < -0.39 is 0 Å². The van der Waals surface area contributed by atoms with Crippen molar-refractivity contribution in [2.45, 2.75) is 0 Å². The minimum Gasteiger partial charge on any atom is -0.338 e. The molecule has 0 unspecified atom stereocenters. The highest BCUT2D eigenvalue weighted by Gasteiger charge is 2.18. The van der Waals surface area contributed by atoms with Crippen LogP contribution in [0.3, 0.4) is 0 Å². The van der Waals surface area contributed by atoms with Crippen LogP contribution in [0, 0.1) is 0 Å². The summed E-state index contributed by atoms with van der Waals surface area (Å²) in [6.07, 6.45) is 0. The van der Waals surface area contributed by atoms with Gasteiger partial charge in [-0.3, -0.25) is 0 Å². The number of benzene rings is 1. The number of thiocarbonyl (C=S) groups is 1. The van der Waals surface area contributed by atoms with Crippen LogP contribution >= 0.6 is 23.8 Å². The number of halogens is 1. The Morgan fingerprint density at radius 1 is 1.29 bits per heavy atom. The van der Waals surface area contributed by atoms with Gasteiger partial charge in [-0.2, -0.15) is 0 Å². The van der Waals surface area contributed by atoms with Gasteiger partial charge in [0, 0.05) is 10.7 Å². The number of nitrogens with one attached hydrogen (secondary N) is 2. The number of quaternary nitrogens is 1. The van der Waals surface area contributed by atoms with Crippen molar-refractivity contribution in [2.24, 2.45) is 0 Å². The number of anilines is 1. The average Bonchev–Trinajstić information content (AvgIpc) is 2.33.